The molecule has 0 spiro atoms. The van der Waals surface area contributed by atoms with Gasteiger partial charge in [0.1, 0.15) is 5.82 Å². The minimum absolute atomic E-state index is 0.0609. The number of nitrogens with one attached hydrogen (secondary N) is 1. The van der Waals surface area contributed by atoms with Crippen LogP contribution in [0.15, 0.2) is 29.2 Å². The zero-order chi connectivity index (χ0) is 17.9. The van der Waals surface area contributed by atoms with E-state index in [9.17, 15) is 17.6 Å². The van der Waals surface area contributed by atoms with Gasteiger partial charge in [-0.2, -0.15) is 4.31 Å². The van der Waals surface area contributed by atoms with Gasteiger partial charge >= 0.3 is 0 Å². The molecule has 1 saturated carbocycles. The van der Waals surface area contributed by atoms with Crippen LogP contribution in [0.3, 0.4) is 0 Å². The fraction of sp³-hybridized carbons (Fsp3) is 0.611. The Hall–Kier alpha value is -1.47. The van der Waals surface area contributed by atoms with Crippen molar-refractivity contribution in [3.05, 3.63) is 30.1 Å². The quantitative estimate of drug-likeness (QED) is 0.889. The van der Waals surface area contributed by atoms with Crippen LogP contribution in [0.4, 0.5) is 4.39 Å². The number of amides is 1. The van der Waals surface area contributed by atoms with Crippen LogP contribution in [0.1, 0.15) is 44.9 Å². The third-order valence-electron chi connectivity index (χ3n) is 5.16. The lowest BCUT2D eigenvalue weighted by atomic mass is 9.88. The third kappa shape index (κ3) is 4.39. The Bertz CT molecular complexity index is 700. The van der Waals surface area contributed by atoms with E-state index in [1.54, 1.807) is 0 Å². The molecule has 1 aromatic carbocycles. The summed E-state index contributed by atoms with van der Waals surface area (Å²) in [5.74, 6) is -0.334. The molecule has 1 saturated heterocycles. The Kier molecular flexibility index (Phi) is 5.74. The summed E-state index contributed by atoms with van der Waals surface area (Å²) in [5.41, 5.74) is 0. The van der Waals surface area contributed by atoms with E-state index < -0.39 is 15.8 Å². The van der Waals surface area contributed by atoms with Crippen LogP contribution in [0.25, 0.3) is 0 Å². The maximum absolute atomic E-state index is 13.0. The Morgan fingerprint density at radius 1 is 1.04 bits per heavy atom. The molecule has 138 valence electrons. The third-order valence-corrected chi connectivity index (χ3v) is 7.04. The molecular formula is C18H25FN2O3S. The summed E-state index contributed by atoms with van der Waals surface area (Å²) in [6.07, 6.45) is 6.72. The van der Waals surface area contributed by atoms with Crippen molar-refractivity contribution in [1.29, 1.82) is 0 Å². The van der Waals surface area contributed by atoms with Crippen LogP contribution < -0.4 is 5.32 Å². The van der Waals surface area contributed by atoms with Crippen LogP contribution in [0.5, 0.6) is 0 Å². The minimum atomic E-state index is -3.66. The molecule has 1 atom stereocenters. The van der Waals surface area contributed by atoms with E-state index in [4.69, 9.17) is 0 Å². The number of hydrogen-bond acceptors (Lipinski definition) is 3. The molecule has 1 aromatic rings. The molecule has 7 heteroatoms. The molecule has 2 aliphatic rings. The standard InChI is InChI=1S/C18H25FN2O3S/c19-15-8-10-17(11-9-15)25(23,24)21-12-4-7-16(13-21)20-18(22)14-5-2-1-3-6-14/h8-11,14,16H,1-7,12-13H2,(H,20,22)/t16-/m1/s1. The van der Waals surface area contributed by atoms with Crippen LogP contribution >= 0.6 is 0 Å². The van der Waals surface area contributed by atoms with Crippen molar-refractivity contribution in [1.82, 2.24) is 9.62 Å². The molecule has 0 unspecified atom stereocenters. The van der Waals surface area contributed by atoms with Gasteiger partial charge in [-0.25, -0.2) is 12.8 Å². The number of halogens is 1. The van der Waals surface area contributed by atoms with E-state index in [0.717, 1.165) is 44.2 Å². The van der Waals surface area contributed by atoms with Crippen molar-refractivity contribution in [3.8, 4) is 0 Å². The Labute approximate surface area is 148 Å². The molecule has 25 heavy (non-hydrogen) atoms. The zero-order valence-electron chi connectivity index (χ0n) is 14.3. The van der Waals surface area contributed by atoms with Gasteiger partial charge in [-0.1, -0.05) is 19.3 Å². The largest absolute Gasteiger partial charge is 0.352 e. The molecule has 0 aromatic heterocycles. The normalized spacial score (nSPS) is 23.3. The number of piperidine rings is 1. The summed E-state index contributed by atoms with van der Waals surface area (Å²) < 4.78 is 39.9. The van der Waals surface area contributed by atoms with Crippen molar-refractivity contribution in [3.63, 3.8) is 0 Å². The molecular weight excluding hydrogens is 343 g/mol. The van der Waals surface area contributed by atoms with Crippen molar-refractivity contribution in [2.75, 3.05) is 13.1 Å². The van der Waals surface area contributed by atoms with Gasteiger partial charge in [0.05, 0.1) is 4.90 Å². The maximum Gasteiger partial charge on any atom is 0.243 e. The van der Waals surface area contributed by atoms with E-state index in [2.05, 4.69) is 5.32 Å². The molecule has 0 bridgehead atoms. The highest BCUT2D eigenvalue weighted by molar-refractivity contribution is 7.89. The highest BCUT2D eigenvalue weighted by atomic mass is 32.2. The second-order valence-electron chi connectivity index (χ2n) is 7.00. The fourth-order valence-corrected chi connectivity index (χ4v) is 5.24. The topological polar surface area (TPSA) is 66.5 Å². The summed E-state index contributed by atoms with van der Waals surface area (Å²) in [6.45, 7) is 0.702. The first-order valence-corrected chi connectivity index (χ1v) is 10.5. The number of hydrogen-bond donors (Lipinski definition) is 1. The molecule has 3 rings (SSSR count). The molecule has 0 radical (unpaired) electrons. The summed E-state index contributed by atoms with van der Waals surface area (Å²) in [7, 11) is -3.66. The van der Waals surface area contributed by atoms with Crippen LogP contribution in [0.2, 0.25) is 0 Å². The molecule has 1 aliphatic heterocycles. The predicted molar refractivity (Wildman–Crippen MR) is 92.9 cm³/mol. The lowest BCUT2D eigenvalue weighted by Crippen LogP contribution is -2.50. The summed E-state index contributed by atoms with van der Waals surface area (Å²) in [6, 6.07) is 4.72. The second-order valence-corrected chi connectivity index (χ2v) is 8.94. The SMILES string of the molecule is O=C(N[C@@H]1CCCN(S(=O)(=O)c2ccc(F)cc2)C1)C1CCCCC1. The number of sulfonamides is 1. The van der Waals surface area contributed by atoms with Gasteiger partial charge in [0.15, 0.2) is 0 Å². The van der Waals surface area contributed by atoms with E-state index in [0.29, 0.717) is 13.0 Å². The second kappa shape index (κ2) is 7.83. The highest BCUT2D eigenvalue weighted by Crippen LogP contribution is 2.25. The molecule has 1 amide bonds. The summed E-state index contributed by atoms with van der Waals surface area (Å²) in [4.78, 5) is 12.5. The molecule has 1 N–H and O–H groups in total. The molecule has 1 heterocycles. The van der Waals surface area contributed by atoms with E-state index in [1.807, 2.05) is 0 Å². The predicted octanol–water partition coefficient (Wildman–Crippen LogP) is 2.68. The Morgan fingerprint density at radius 3 is 2.40 bits per heavy atom. The molecule has 5 nitrogen and oxygen atoms in total. The van der Waals surface area contributed by atoms with Gasteiger partial charge in [0.2, 0.25) is 15.9 Å². The summed E-state index contributed by atoms with van der Waals surface area (Å²) in [5, 5.41) is 3.05. The first-order chi connectivity index (χ1) is 12.0. The fourth-order valence-electron chi connectivity index (χ4n) is 3.72. The number of nitrogens with zero attached hydrogens (tertiary/aromatic N) is 1. The molecule has 2 fully saturated rings. The Balaban J connectivity index is 1.64. The number of carbonyl (C=O) groups is 1. The number of benzene rings is 1. The number of carbonyl (C=O) groups excluding carboxylic acids is 1. The summed E-state index contributed by atoms with van der Waals surface area (Å²) >= 11 is 0. The van der Waals surface area contributed by atoms with Gasteiger partial charge < -0.3 is 5.32 Å². The average molecular weight is 368 g/mol. The van der Waals surface area contributed by atoms with E-state index in [1.165, 1.54) is 22.9 Å². The van der Waals surface area contributed by atoms with Crippen molar-refractivity contribution in [2.24, 2.45) is 5.92 Å². The van der Waals surface area contributed by atoms with Gasteiger partial charge in [0, 0.05) is 25.0 Å². The van der Waals surface area contributed by atoms with E-state index in [-0.39, 0.29) is 29.3 Å². The average Bonchev–Trinajstić information content (AvgIpc) is 2.63. The lowest BCUT2D eigenvalue weighted by Gasteiger charge is -2.33. The van der Waals surface area contributed by atoms with Crippen LogP contribution in [-0.4, -0.2) is 37.8 Å². The molecule has 1 aliphatic carbocycles. The first-order valence-electron chi connectivity index (χ1n) is 9.03. The van der Waals surface area contributed by atoms with E-state index >= 15 is 0 Å². The van der Waals surface area contributed by atoms with Crippen molar-refractivity contribution >= 4 is 15.9 Å². The van der Waals surface area contributed by atoms with Crippen LogP contribution in [-0.2, 0) is 14.8 Å². The highest BCUT2D eigenvalue weighted by Gasteiger charge is 2.32. The smallest absolute Gasteiger partial charge is 0.243 e. The van der Waals surface area contributed by atoms with Gasteiger partial charge in [-0.3, -0.25) is 4.79 Å². The Morgan fingerprint density at radius 2 is 1.72 bits per heavy atom. The maximum atomic E-state index is 13.0. The van der Waals surface area contributed by atoms with Gasteiger partial charge in [-0.15, -0.1) is 0 Å². The van der Waals surface area contributed by atoms with Crippen molar-refractivity contribution < 1.29 is 17.6 Å². The van der Waals surface area contributed by atoms with Crippen molar-refractivity contribution in [2.45, 2.75) is 55.9 Å². The monoisotopic (exact) mass is 368 g/mol. The number of rotatable bonds is 4. The lowest BCUT2D eigenvalue weighted by molar-refractivity contribution is -0.126. The first kappa shape index (κ1) is 18.3. The zero-order valence-corrected chi connectivity index (χ0v) is 15.1. The van der Waals surface area contributed by atoms with Crippen LogP contribution in [0, 0.1) is 11.7 Å². The minimum Gasteiger partial charge on any atom is -0.352 e. The van der Waals surface area contributed by atoms with Gasteiger partial charge in [0.25, 0.3) is 0 Å². The van der Waals surface area contributed by atoms with Gasteiger partial charge in [-0.05, 0) is 49.9 Å².